The Hall–Kier alpha value is -2.42. The molecule has 0 aromatic heterocycles. The van der Waals surface area contributed by atoms with Gasteiger partial charge in [-0.2, -0.15) is 5.26 Å². The minimum atomic E-state index is -0.508. The fourth-order valence-corrected chi connectivity index (χ4v) is 2.41. The first-order valence-electron chi connectivity index (χ1n) is 7.36. The first kappa shape index (κ1) is 17.9. The van der Waals surface area contributed by atoms with E-state index in [1.807, 2.05) is 6.07 Å². The topological polar surface area (TPSA) is 56.1 Å². The number of carbonyl (C=O) groups excluding carboxylic acids is 1. The van der Waals surface area contributed by atoms with Crippen LogP contribution in [-0.4, -0.2) is 23.9 Å². The minimum Gasteiger partial charge on any atom is -0.325 e. The van der Waals surface area contributed by atoms with Gasteiger partial charge >= 0.3 is 0 Å². The van der Waals surface area contributed by atoms with E-state index in [1.165, 1.54) is 6.07 Å². The van der Waals surface area contributed by atoms with Gasteiger partial charge in [-0.25, -0.2) is 4.39 Å². The molecule has 0 bridgehead atoms. The lowest BCUT2D eigenvalue weighted by molar-refractivity contribution is -0.120. The second-order valence-corrected chi connectivity index (χ2v) is 5.88. The van der Waals surface area contributed by atoms with Gasteiger partial charge in [0.25, 0.3) is 0 Å². The van der Waals surface area contributed by atoms with E-state index in [0.29, 0.717) is 21.8 Å². The molecule has 0 spiro atoms. The van der Waals surface area contributed by atoms with E-state index < -0.39 is 11.9 Å². The maximum absolute atomic E-state index is 13.9. The first-order chi connectivity index (χ1) is 11.4. The Bertz CT molecular complexity index is 768. The van der Waals surface area contributed by atoms with Crippen LogP contribution in [0.4, 0.5) is 10.1 Å². The highest BCUT2D eigenvalue weighted by molar-refractivity contribution is 6.31. The van der Waals surface area contributed by atoms with E-state index in [-0.39, 0.29) is 12.5 Å². The van der Waals surface area contributed by atoms with Gasteiger partial charge in [0.2, 0.25) is 5.91 Å². The molecule has 0 unspecified atom stereocenters. The predicted octanol–water partition coefficient (Wildman–Crippen LogP) is 3.81. The standard InChI is InChI=1S/C18H17ClFN3O/c1-12(18(24)22-14-6-3-5-13(9-14)10-21)23(2)11-15-16(19)7-4-8-17(15)20/h3-9,12H,11H2,1-2H3,(H,22,24)/t12-/m1/s1. The van der Waals surface area contributed by atoms with E-state index in [9.17, 15) is 9.18 Å². The smallest absolute Gasteiger partial charge is 0.241 e. The average Bonchev–Trinajstić information content (AvgIpc) is 2.57. The Kier molecular flexibility index (Phi) is 5.91. The summed E-state index contributed by atoms with van der Waals surface area (Å²) in [6.07, 6.45) is 0. The summed E-state index contributed by atoms with van der Waals surface area (Å²) in [6.45, 7) is 1.93. The van der Waals surface area contributed by atoms with Crippen LogP contribution in [0.2, 0.25) is 5.02 Å². The van der Waals surface area contributed by atoms with Gasteiger partial charge in [0.15, 0.2) is 0 Å². The van der Waals surface area contributed by atoms with Crippen molar-refractivity contribution in [2.75, 3.05) is 12.4 Å². The lowest BCUT2D eigenvalue weighted by Crippen LogP contribution is -2.39. The van der Waals surface area contributed by atoms with Crippen LogP contribution >= 0.6 is 11.6 Å². The summed E-state index contributed by atoms with van der Waals surface area (Å²) in [7, 11) is 1.72. The molecule has 2 aromatic rings. The van der Waals surface area contributed by atoms with E-state index in [1.54, 1.807) is 55.3 Å². The van der Waals surface area contributed by atoms with Crippen LogP contribution in [0.25, 0.3) is 0 Å². The molecule has 124 valence electrons. The molecule has 1 atom stereocenters. The number of hydrogen-bond acceptors (Lipinski definition) is 3. The van der Waals surface area contributed by atoms with Crippen molar-refractivity contribution in [3.8, 4) is 6.07 Å². The molecule has 0 radical (unpaired) electrons. The Balaban J connectivity index is 2.05. The number of carbonyl (C=O) groups is 1. The first-order valence-corrected chi connectivity index (χ1v) is 7.74. The molecule has 4 nitrogen and oxygen atoms in total. The second kappa shape index (κ2) is 7.91. The molecule has 0 saturated carbocycles. The lowest BCUT2D eigenvalue weighted by atomic mass is 10.1. The summed E-state index contributed by atoms with van der Waals surface area (Å²) < 4.78 is 13.9. The average molecular weight is 346 g/mol. The van der Waals surface area contributed by atoms with Gasteiger partial charge in [-0.1, -0.05) is 23.7 Å². The summed E-state index contributed by atoms with van der Waals surface area (Å²) >= 11 is 6.02. The molecule has 2 rings (SSSR count). The van der Waals surface area contributed by atoms with Gasteiger partial charge in [0.05, 0.1) is 17.7 Å². The van der Waals surface area contributed by atoms with Crippen LogP contribution in [0.1, 0.15) is 18.1 Å². The Morgan fingerprint density at radius 3 is 2.75 bits per heavy atom. The molecule has 2 aromatic carbocycles. The predicted molar refractivity (Wildman–Crippen MR) is 92.1 cm³/mol. The number of hydrogen-bond donors (Lipinski definition) is 1. The Morgan fingerprint density at radius 1 is 1.38 bits per heavy atom. The van der Waals surface area contributed by atoms with Crippen LogP contribution in [0.5, 0.6) is 0 Å². The van der Waals surface area contributed by atoms with Crippen molar-refractivity contribution in [1.29, 1.82) is 5.26 Å². The quantitative estimate of drug-likeness (QED) is 0.896. The third-order valence-corrected chi connectivity index (χ3v) is 4.12. The number of nitriles is 1. The molecule has 24 heavy (non-hydrogen) atoms. The van der Waals surface area contributed by atoms with Crippen molar-refractivity contribution in [3.63, 3.8) is 0 Å². The number of anilines is 1. The maximum atomic E-state index is 13.9. The van der Waals surface area contributed by atoms with Crippen molar-refractivity contribution < 1.29 is 9.18 Å². The van der Waals surface area contributed by atoms with Crippen LogP contribution in [0.15, 0.2) is 42.5 Å². The molecule has 0 aliphatic heterocycles. The largest absolute Gasteiger partial charge is 0.325 e. The van der Waals surface area contributed by atoms with E-state index in [4.69, 9.17) is 16.9 Å². The number of nitrogens with zero attached hydrogens (tertiary/aromatic N) is 2. The van der Waals surface area contributed by atoms with E-state index in [0.717, 1.165) is 0 Å². The van der Waals surface area contributed by atoms with Gasteiger partial charge in [-0.15, -0.1) is 0 Å². The molecule has 0 fully saturated rings. The third-order valence-electron chi connectivity index (χ3n) is 3.77. The highest BCUT2D eigenvalue weighted by atomic mass is 35.5. The summed E-state index contributed by atoms with van der Waals surface area (Å²) in [4.78, 5) is 14.1. The van der Waals surface area contributed by atoms with Crippen LogP contribution in [-0.2, 0) is 11.3 Å². The normalized spacial score (nSPS) is 11.8. The van der Waals surface area contributed by atoms with Crippen molar-refractivity contribution in [2.45, 2.75) is 19.5 Å². The summed E-state index contributed by atoms with van der Waals surface area (Å²) in [6, 6.07) is 12.7. The molecule has 0 aliphatic rings. The fourth-order valence-electron chi connectivity index (χ4n) is 2.18. The van der Waals surface area contributed by atoms with Gasteiger partial charge in [-0.05, 0) is 44.3 Å². The molecule has 0 saturated heterocycles. The highest BCUT2D eigenvalue weighted by Crippen LogP contribution is 2.21. The molecule has 0 heterocycles. The van der Waals surface area contributed by atoms with Crippen LogP contribution in [0.3, 0.4) is 0 Å². The van der Waals surface area contributed by atoms with Crippen molar-refractivity contribution in [3.05, 3.63) is 64.4 Å². The summed E-state index contributed by atoms with van der Waals surface area (Å²) in [5.74, 6) is -0.649. The summed E-state index contributed by atoms with van der Waals surface area (Å²) in [5, 5.41) is 12.0. The van der Waals surface area contributed by atoms with Gasteiger partial charge in [0.1, 0.15) is 5.82 Å². The number of benzene rings is 2. The number of rotatable bonds is 5. The number of likely N-dealkylation sites (N-methyl/N-ethyl adjacent to an activating group) is 1. The highest BCUT2D eigenvalue weighted by Gasteiger charge is 2.20. The third kappa shape index (κ3) is 4.31. The van der Waals surface area contributed by atoms with E-state index >= 15 is 0 Å². The molecule has 1 N–H and O–H groups in total. The van der Waals surface area contributed by atoms with Gasteiger partial charge in [0, 0.05) is 22.8 Å². The second-order valence-electron chi connectivity index (χ2n) is 5.47. The molecule has 0 aliphatic carbocycles. The maximum Gasteiger partial charge on any atom is 0.241 e. The zero-order valence-electron chi connectivity index (χ0n) is 13.4. The number of halogens is 2. The molecule has 1 amide bonds. The zero-order chi connectivity index (χ0) is 17.7. The molecule has 6 heteroatoms. The number of amides is 1. The Morgan fingerprint density at radius 2 is 2.08 bits per heavy atom. The van der Waals surface area contributed by atoms with Crippen LogP contribution < -0.4 is 5.32 Å². The molecular formula is C18H17ClFN3O. The van der Waals surface area contributed by atoms with E-state index in [2.05, 4.69) is 5.32 Å². The van der Waals surface area contributed by atoms with Crippen LogP contribution in [0, 0.1) is 17.1 Å². The zero-order valence-corrected chi connectivity index (χ0v) is 14.1. The SMILES string of the molecule is C[C@H](C(=O)Nc1cccc(C#N)c1)N(C)Cc1c(F)cccc1Cl. The van der Waals surface area contributed by atoms with Gasteiger partial charge in [-0.3, -0.25) is 9.69 Å². The Labute approximate surface area is 145 Å². The number of nitrogens with one attached hydrogen (secondary N) is 1. The minimum absolute atomic E-state index is 0.207. The molecular weight excluding hydrogens is 329 g/mol. The van der Waals surface area contributed by atoms with Crippen molar-refractivity contribution in [2.24, 2.45) is 0 Å². The monoisotopic (exact) mass is 345 g/mol. The lowest BCUT2D eigenvalue weighted by Gasteiger charge is -2.24. The van der Waals surface area contributed by atoms with Crippen molar-refractivity contribution >= 4 is 23.2 Å². The summed E-state index contributed by atoms with van der Waals surface area (Å²) in [5.41, 5.74) is 1.36. The van der Waals surface area contributed by atoms with Gasteiger partial charge < -0.3 is 5.32 Å². The van der Waals surface area contributed by atoms with Crippen molar-refractivity contribution in [1.82, 2.24) is 4.90 Å². The fraction of sp³-hybridized carbons (Fsp3) is 0.222.